The van der Waals surface area contributed by atoms with Crippen molar-refractivity contribution in [3.8, 4) is 57.5 Å². The molecule has 542 valence electrons. The number of aryl methyl sites for hydroxylation is 3. The molecule has 0 fully saturated rings. The molecule has 108 heavy (non-hydrogen) atoms. The van der Waals surface area contributed by atoms with Crippen LogP contribution in [0.5, 0.6) is 57.5 Å². The van der Waals surface area contributed by atoms with Gasteiger partial charge in [0.25, 0.3) is 13.4 Å². The lowest BCUT2D eigenvalue weighted by atomic mass is 9.34. The van der Waals surface area contributed by atoms with Gasteiger partial charge in [-0.3, -0.25) is 0 Å². The SMILES string of the molecule is CC(C)(C)c1cc2c3c(c1)Oc1cccc4c1B3c1c(cccc1O2)O4.CC(C)(C)c1cc2c3c(c1)Oc1ccccc1B3c1ccccc1O2.[2H]C([2H])(C)c1c(C(C)(C)C)ccc2c1sc1ccccc12.[2H]C([2H])(C)c1cc2sc3ccccc3c2cc1C(C)(C)C.[2H]C([2H])(C)c1ccc2c(sc3ccccc32)c1C(C)(C)C. The van der Waals surface area contributed by atoms with Crippen LogP contribution < -0.4 is 56.5 Å². The molecule has 5 aliphatic rings. The van der Waals surface area contributed by atoms with Crippen LogP contribution in [0.1, 0.15) is 177 Å². The molecule has 8 heterocycles. The lowest BCUT2D eigenvalue weighted by Crippen LogP contribution is -2.59. The minimum absolute atomic E-state index is 0.0121. The molecule has 0 aliphatic carbocycles. The van der Waals surface area contributed by atoms with Crippen LogP contribution in [0.15, 0.2) is 218 Å². The predicted octanol–water partition coefficient (Wildman–Crippen LogP) is 25.3. The van der Waals surface area contributed by atoms with Crippen molar-refractivity contribution < 1.29 is 31.9 Å². The van der Waals surface area contributed by atoms with Crippen molar-refractivity contribution in [3.63, 3.8) is 0 Å². The molecule has 3 aromatic heterocycles. The van der Waals surface area contributed by atoms with E-state index < -0.39 is 19.1 Å². The lowest BCUT2D eigenvalue weighted by Gasteiger charge is -2.38. The van der Waals surface area contributed by atoms with Crippen LogP contribution in [0.4, 0.5) is 0 Å². The Morgan fingerprint density at radius 3 is 1.12 bits per heavy atom. The first-order valence-electron chi connectivity index (χ1n) is 40.7. The third-order valence-electron chi connectivity index (χ3n) is 21.5. The van der Waals surface area contributed by atoms with E-state index in [0.29, 0.717) is 0 Å². The van der Waals surface area contributed by atoms with Crippen LogP contribution in [-0.4, -0.2) is 13.4 Å². The van der Waals surface area contributed by atoms with Crippen molar-refractivity contribution in [2.75, 3.05) is 0 Å². The van der Waals surface area contributed by atoms with Gasteiger partial charge in [0, 0.05) is 90.6 Å². The normalized spacial score (nSPS) is 14.6. The summed E-state index contributed by atoms with van der Waals surface area (Å²) in [4.78, 5) is 0. The van der Waals surface area contributed by atoms with Gasteiger partial charge < -0.3 is 23.7 Å². The van der Waals surface area contributed by atoms with Gasteiger partial charge >= 0.3 is 0 Å². The van der Waals surface area contributed by atoms with E-state index in [1.807, 2.05) is 66.7 Å². The first kappa shape index (κ1) is 65.5. The van der Waals surface area contributed by atoms with E-state index in [1.54, 1.807) is 54.8 Å². The minimum atomic E-state index is -1.34. The van der Waals surface area contributed by atoms with Crippen LogP contribution in [0, 0.1) is 0 Å². The maximum Gasteiger partial charge on any atom is 0.270 e. The van der Waals surface area contributed by atoms with Gasteiger partial charge in [-0.15, -0.1) is 34.0 Å². The molecule has 10 heteroatoms. The average molecular weight is 1480 g/mol. The Bertz CT molecular complexity index is 6040. The standard InChI is InChI=1S/C22H17BO3.C22H19BO2.3C18H20S/c1-22(2,3)12-10-17-21-18(11-12)26-16-9-5-7-14-20(16)23(21)19-13(24-14)6-4-8-15(19)25-17;1-22(2,3)14-12-19-21-20(13-14)25-18-11-7-5-9-16(18)23(21)15-8-4-6-10-17(15)24-19;1-5-12-10-17-14(11-15(12)18(2,3)4)13-8-6-7-9-16(13)19-17;1-5-12-15(18(2,3)4)11-10-14-13-8-6-7-9-16(13)19-17(12)14;1-5-12-10-11-14-13-8-6-7-9-15(13)19-17(14)16(12)18(2,3)4/h4-11H,1-3H3;4-13H,1-3H3;3*6-11H,5H2,1-4H3/i;;3*5D2. The summed E-state index contributed by atoms with van der Waals surface area (Å²) in [5, 5.41) is 7.42. The number of hydrogen-bond acceptors (Lipinski definition) is 8. The number of rotatable bonds is 3. The fourth-order valence-electron chi connectivity index (χ4n) is 16.1. The van der Waals surface area contributed by atoms with Gasteiger partial charge in [0.2, 0.25) is 0 Å². The summed E-state index contributed by atoms with van der Waals surface area (Å²) in [6.45, 7) is 37.9. The summed E-state index contributed by atoms with van der Waals surface area (Å²) in [6, 6.07) is 75.2. The van der Waals surface area contributed by atoms with E-state index in [1.165, 1.54) is 77.9 Å². The number of thiophene rings is 3. The van der Waals surface area contributed by atoms with Crippen molar-refractivity contribution in [2.24, 2.45) is 0 Å². The van der Waals surface area contributed by atoms with Crippen LogP contribution in [0.2, 0.25) is 0 Å². The Morgan fingerprint density at radius 1 is 0.287 bits per heavy atom. The molecule has 0 radical (unpaired) electrons. The summed E-state index contributed by atoms with van der Waals surface area (Å²) in [5.74, 6) is 8.99. The lowest BCUT2D eigenvalue weighted by molar-refractivity contribution is 0.439. The van der Waals surface area contributed by atoms with Gasteiger partial charge in [-0.05, 0) is 193 Å². The second kappa shape index (κ2) is 27.5. The molecule has 0 spiro atoms. The Labute approximate surface area is 659 Å². The van der Waals surface area contributed by atoms with Crippen molar-refractivity contribution in [3.05, 3.63) is 263 Å². The zero-order chi connectivity index (χ0) is 81.1. The fourth-order valence-corrected chi connectivity index (χ4v) is 19.9. The molecule has 5 nitrogen and oxygen atoms in total. The monoisotopic (exact) mass is 1480 g/mol. The Morgan fingerprint density at radius 2 is 0.667 bits per heavy atom. The number of para-hydroxylation sites is 2. The molecule has 0 atom stereocenters. The van der Waals surface area contributed by atoms with Crippen LogP contribution >= 0.6 is 34.0 Å². The highest BCUT2D eigenvalue weighted by molar-refractivity contribution is 7.26. The van der Waals surface area contributed by atoms with Gasteiger partial charge in [-0.2, -0.15) is 0 Å². The van der Waals surface area contributed by atoms with Gasteiger partial charge in [-0.25, -0.2) is 0 Å². The highest BCUT2D eigenvalue weighted by Gasteiger charge is 2.47. The van der Waals surface area contributed by atoms with E-state index in [9.17, 15) is 0 Å². The van der Waals surface area contributed by atoms with Gasteiger partial charge in [-0.1, -0.05) is 252 Å². The second-order valence-electron chi connectivity index (χ2n) is 34.0. The largest absolute Gasteiger partial charge is 0.458 e. The quantitative estimate of drug-likeness (QED) is 0.165. The van der Waals surface area contributed by atoms with E-state index in [-0.39, 0.29) is 40.5 Å². The summed E-state index contributed by atoms with van der Waals surface area (Å²) in [5.41, 5.74) is 15.0. The molecule has 0 saturated heterocycles. The van der Waals surface area contributed by atoms with Crippen molar-refractivity contribution >= 4 is 141 Å². The molecular weight excluding hydrogens is 1370 g/mol. The number of fused-ring (bicyclic) bond motifs is 13. The molecule has 5 aliphatic heterocycles. The van der Waals surface area contributed by atoms with Gasteiger partial charge in [0.1, 0.15) is 57.5 Å². The first-order valence-corrected chi connectivity index (χ1v) is 40.1. The molecular formula is C98H96B2O5S3. The Kier molecular flexibility index (Phi) is 16.7. The number of benzene rings is 12. The molecule has 15 aromatic rings. The van der Waals surface area contributed by atoms with Crippen LogP contribution in [0.25, 0.3) is 60.5 Å². The molecule has 0 unspecified atom stereocenters. The van der Waals surface area contributed by atoms with Crippen LogP contribution in [-0.2, 0) is 46.2 Å². The van der Waals surface area contributed by atoms with Gasteiger partial charge in [0.05, 0.1) is 0 Å². The average Bonchev–Trinajstić information content (AvgIpc) is 0.860. The molecule has 12 aromatic carbocycles. The highest BCUT2D eigenvalue weighted by atomic mass is 32.1. The number of hydrogen-bond donors (Lipinski definition) is 0. The van der Waals surface area contributed by atoms with Gasteiger partial charge in [0.15, 0.2) is 0 Å². The van der Waals surface area contributed by atoms with Crippen molar-refractivity contribution in [1.82, 2.24) is 0 Å². The predicted molar refractivity (Wildman–Crippen MR) is 468 cm³/mol. The maximum atomic E-state index is 8.32. The maximum absolute atomic E-state index is 8.32. The smallest absolute Gasteiger partial charge is 0.270 e. The third-order valence-corrected chi connectivity index (χ3v) is 25.0. The summed E-state index contributed by atoms with van der Waals surface area (Å²) in [7, 11) is 0. The van der Waals surface area contributed by atoms with E-state index in [2.05, 4.69) is 256 Å². The topological polar surface area (TPSA) is 46.2 Å². The summed E-state index contributed by atoms with van der Waals surface area (Å²) >= 11 is 5.23. The number of ether oxygens (including phenoxy) is 5. The fraction of sp³-hybridized carbons (Fsp3) is 0.265. The van der Waals surface area contributed by atoms with E-state index in [4.69, 9.17) is 31.9 Å². The summed E-state index contributed by atoms with van der Waals surface area (Å²) < 4.78 is 88.0. The second-order valence-corrected chi connectivity index (χ2v) is 37.2. The Hall–Kier alpha value is -9.57. The Balaban J connectivity index is 0.000000108. The minimum Gasteiger partial charge on any atom is -0.458 e. The first-order chi connectivity index (χ1) is 53.6. The summed E-state index contributed by atoms with van der Waals surface area (Å²) in [6.07, 6.45) is -4.00. The third kappa shape index (κ3) is 13.0. The molecule has 0 bridgehead atoms. The highest BCUT2D eigenvalue weighted by Crippen LogP contribution is 2.47. The van der Waals surface area contributed by atoms with Crippen molar-refractivity contribution in [2.45, 2.75) is 171 Å². The molecule has 20 rings (SSSR count). The molecule has 0 N–H and O–H groups in total. The zero-order valence-electron chi connectivity index (χ0n) is 71.2. The molecule has 0 saturated carbocycles. The van der Waals surface area contributed by atoms with E-state index >= 15 is 0 Å². The van der Waals surface area contributed by atoms with Crippen LogP contribution in [0.3, 0.4) is 0 Å². The van der Waals surface area contributed by atoms with E-state index in [0.717, 1.165) is 117 Å². The zero-order valence-corrected chi connectivity index (χ0v) is 67.7. The van der Waals surface area contributed by atoms with Crippen molar-refractivity contribution in [1.29, 1.82) is 0 Å². The molecule has 0 amide bonds.